The summed E-state index contributed by atoms with van der Waals surface area (Å²) in [4.78, 5) is 26.1. The molecule has 3 rings (SSSR count). The van der Waals surface area contributed by atoms with Crippen LogP contribution in [0.1, 0.15) is 6.42 Å². The topological polar surface area (TPSA) is 78.9 Å². The molecule has 2 aromatic rings. The van der Waals surface area contributed by atoms with Crippen LogP contribution in [-0.4, -0.2) is 42.7 Å². The van der Waals surface area contributed by atoms with Gasteiger partial charge in [0.2, 0.25) is 11.8 Å². The number of para-hydroxylation sites is 1. The van der Waals surface area contributed by atoms with E-state index in [1.807, 2.05) is 18.2 Å². The molecule has 0 radical (unpaired) electrons. The number of carbonyl (C=O) groups is 2. The highest BCUT2D eigenvalue weighted by molar-refractivity contribution is 6.30. The molecule has 2 atom stereocenters. The Balaban J connectivity index is 1.45. The van der Waals surface area contributed by atoms with Crippen LogP contribution in [0.3, 0.4) is 0 Å². The second kappa shape index (κ2) is 8.88. The molecule has 1 fully saturated rings. The van der Waals surface area contributed by atoms with Gasteiger partial charge >= 0.3 is 0 Å². The second-order valence-corrected chi connectivity index (χ2v) is 6.84. The first-order valence-corrected chi connectivity index (χ1v) is 9.10. The Bertz CT molecular complexity index is 782. The highest BCUT2D eigenvalue weighted by Crippen LogP contribution is 2.26. The molecule has 1 heterocycles. The number of aliphatic hydroxyl groups is 1. The van der Waals surface area contributed by atoms with Crippen molar-refractivity contribution in [2.75, 3.05) is 24.6 Å². The van der Waals surface area contributed by atoms with Crippen molar-refractivity contribution in [1.82, 2.24) is 5.32 Å². The van der Waals surface area contributed by atoms with E-state index in [1.165, 1.54) is 0 Å². The molecule has 0 spiro atoms. The summed E-state index contributed by atoms with van der Waals surface area (Å²) in [5.41, 5.74) is 0.719. The average molecular weight is 389 g/mol. The summed E-state index contributed by atoms with van der Waals surface area (Å²) in [6, 6.07) is 16.1. The Hall–Kier alpha value is -2.57. The van der Waals surface area contributed by atoms with E-state index in [0.29, 0.717) is 17.3 Å². The van der Waals surface area contributed by atoms with Crippen LogP contribution in [0.5, 0.6) is 5.75 Å². The number of carbonyl (C=O) groups excluding carboxylic acids is 2. The van der Waals surface area contributed by atoms with Crippen molar-refractivity contribution < 1.29 is 19.4 Å². The lowest BCUT2D eigenvalue weighted by atomic mass is 10.1. The number of anilines is 1. The number of benzene rings is 2. The normalized spacial score (nSPS) is 17.6. The fraction of sp³-hybridized carbons (Fsp3) is 0.300. The largest absolute Gasteiger partial charge is 0.491 e. The minimum Gasteiger partial charge on any atom is -0.491 e. The van der Waals surface area contributed by atoms with E-state index in [2.05, 4.69) is 5.32 Å². The third-order valence-electron chi connectivity index (χ3n) is 4.33. The SMILES string of the molecule is O=C(NC[C@@H](O)COc1ccccc1)[C@@H]1CC(=O)N(c2ccc(Cl)cc2)C1. The molecule has 2 N–H and O–H groups in total. The lowest BCUT2D eigenvalue weighted by molar-refractivity contribution is -0.126. The number of nitrogens with one attached hydrogen (secondary N) is 1. The summed E-state index contributed by atoms with van der Waals surface area (Å²) < 4.78 is 5.45. The predicted octanol–water partition coefficient (Wildman–Crippen LogP) is 2.25. The van der Waals surface area contributed by atoms with Gasteiger partial charge in [-0.3, -0.25) is 9.59 Å². The van der Waals surface area contributed by atoms with Gasteiger partial charge in [-0.25, -0.2) is 0 Å². The summed E-state index contributed by atoms with van der Waals surface area (Å²) in [5.74, 6) is -0.151. The van der Waals surface area contributed by atoms with Gasteiger partial charge in [0.1, 0.15) is 18.5 Å². The Morgan fingerprint density at radius 1 is 1.22 bits per heavy atom. The van der Waals surface area contributed by atoms with Gasteiger partial charge in [0.25, 0.3) is 0 Å². The maximum absolute atomic E-state index is 12.3. The van der Waals surface area contributed by atoms with Crippen molar-refractivity contribution in [2.45, 2.75) is 12.5 Å². The molecule has 0 saturated carbocycles. The predicted molar refractivity (Wildman–Crippen MR) is 103 cm³/mol. The van der Waals surface area contributed by atoms with Gasteiger partial charge in [-0.1, -0.05) is 29.8 Å². The van der Waals surface area contributed by atoms with Gasteiger partial charge in [0.05, 0.1) is 5.92 Å². The molecule has 2 aromatic carbocycles. The monoisotopic (exact) mass is 388 g/mol. The maximum atomic E-state index is 12.3. The third-order valence-corrected chi connectivity index (χ3v) is 4.58. The van der Waals surface area contributed by atoms with Crippen LogP contribution >= 0.6 is 11.6 Å². The molecule has 0 aromatic heterocycles. The summed E-state index contributed by atoms with van der Waals surface area (Å²) in [7, 11) is 0. The number of ether oxygens (including phenoxy) is 1. The van der Waals surface area contributed by atoms with Crippen molar-refractivity contribution in [3.63, 3.8) is 0 Å². The first-order valence-electron chi connectivity index (χ1n) is 8.72. The summed E-state index contributed by atoms with van der Waals surface area (Å²) in [6.07, 6.45) is -0.691. The second-order valence-electron chi connectivity index (χ2n) is 6.40. The standard InChI is InChI=1S/C20H21ClN2O4/c21-15-6-8-16(9-7-15)23-12-14(10-19(23)25)20(26)22-11-17(24)13-27-18-4-2-1-3-5-18/h1-9,14,17,24H,10-13H2,(H,22,26)/t14-,17-/m1/s1. The number of hydrogen-bond acceptors (Lipinski definition) is 4. The van der Waals surface area contributed by atoms with Gasteiger partial charge in [-0.15, -0.1) is 0 Å². The molecule has 1 aliphatic heterocycles. The molecule has 2 amide bonds. The molecule has 0 bridgehead atoms. The number of hydrogen-bond donors (Lipinski definition) is 2. The molecule has 27 heavy (non-hydrogen) atoms. The van der Waals surface area contributed by atoms with Crippen molar-refractivity contribution in [3.05, 3.63) is 59.6 Å². The summed E-state index contributed by atoms with van der Waals surface area (Å²) in [5, 5.41) is 13.3. The van der Waals surface area contributed by atoms with E-state index in [-0.39, 0.29) is 31.4 Å². The van der Waals surface area contributed by atoms with E-state index >= 15 is 0 Å². The van der Waals surface area contributed by atoms with Crippen LogP contribution in [0.4, 0.5) is 5.69 Å². The van der Waals surface area contributed by atoms with Gasteiger partial charge in [-0.2, -0.15) is 0 Å². The van der Waals surface area contributed by atoms with Crippen molar-refractivity contribution in [1.29, 1.82) is 0 Å². The van der Waals surface area contributed by atoms with Crippen LogP contribution in [0, 0.1) is 5.92 Å². The highest BCUT2D eigenvalue weighted by atomic mass is 35.5. The van der Waals surface area contributed by atoms with Crippen LogP contribution < -0.4 is 15.0 Å². The lowest BCUT2D eigenvalue weighted by Gasteiger charge is -2.17. The van der Waals surface area contributed by atoms with Gasteiger partial charge in [0.15, 0.2) is 0 Å². The van der Waals surface area contributed by atoms with Crippen LogP contribution in [0.25, 0.3) is 0 Å². The fourth-order valence-electron chi connectivity index (χ4n) is 2.88. The summed E-state index contributed by atoms with van der Waals surface area (Å²) >= 11 is 5.87. The average Bonchev–Trinajstić information content (AvgIpc) is 3.07. The molecule has 1 saturated heterocycles. The highest BCUT2D eigenvalue weighted by Gasteiger charge is 2.35. The van der Waals surface area contributed by atoms with Crippen molar-refractivity contribution >= 4 is 29.1 Å². The van der Waals surface area contributed by atoms with E-state index in [9.17, 15) is 14.7 Å². The Morgan fingerprint density at radius 2 is 1.93 bits per heavy atom. The van der Waals surface area contributed by atoms with Crippen LogP contribution in [0.2, 0.25) is 5.02 Å². The Morgan fingerprint density at radius 3 is 2.63 bits per heavy atom. The number of rotatable bonds is 7. The van der Waals surface area contributed by atoms with Crippen molar-refractivity contribution in [3.8, 4) is 5.75 Å². The first kappa shape index (κ1) is 19.2. The number of aliphatic hydroxyl groups excluding tert-OH is 1. The van der Waals surface area contributed by atoms with Crippen LogP contribution in [0.15, 0.2) is 54.6 Å². The van der Waals surface area contributed by atoms with E-state index < -0.39 is 12.0 Å². The van der Waals surface area contributed by atoms with E-state index in [1.54, 1.807) is 41.3 Å². The minimum atomic E-state index is -0.835. The number of halogens is 1. The number of nitrogens with zero attached hydrogens (tertiary/aromatic N) is 1. The smallest absolute Gasteiger partial charge is 0.227 e. The zero-order valence-corrected chi connectivity index (χ0v) is 15.4. The third kappa shape index (κ3) is 5.21. The fourth-order valence-corrected chi connectivity index (χ4v) is 3.01. The molecule has 0 unspecified atom stereocenters. The lowest BCUT2D eigenvalue weighted by Crippen LogP contribution is -2.39. The quantitative estimate of drug-likeness (QED) is 0.762. The number of amides is 2. The molecule has 1 aliphatic rings. The van der Waals surface area contributed by atoms with Crippen molar-refractivity contribution in [2.24, 2.45) is 5.92 Å². The zero-order chi connectivity index (χ0) is 19.2. The molecule has 7 heteroatoms. The van der Waals surface area contributed by atoms with Gasteiger partial charge < -0.3 is 20.1 Å². The van der Waals surface area contributed by atoms with Gasteiger partial charge in [-0.05, 0) is 36.4 Å². The first-order chi connectivity index (χ1) is 13.0. The van der Waals surface area contributed by atoms with E-state index in [0.717, 1.165) is 5.69 Å². The molecular formula is C20H21ClN2O4. The summed E-state index contributed by atoms with van der Waals surface area (Å²) in [6.45, 7) is 0.449. The van der Waals surface area contributed by atoms with Gasteiger partial charge in [0, 0.05) is 30.2 Å². The molecular weight excluding hydrogens is 368 g/mol. The minimum absolute atomic E-state index is 0.0668. The molecule has 6 nitrogen and oxygen atoms in total. The van der Waals surface area contributed by atoms with Crippen LogP contribution in [-0.2, 0) is 9.59 Å². The van der Waals surface area contributed by atoms with E-state index in [4.69, 9.17) is 16.3 Å². The maximum Gasteiger partial charge on any atom is 0.227 e. The molecule has 0 aliphatic carbocycles. The molecule has 142 valence electrons. The Labute approximate surface area is 162 Å². The zero-order valence-electron chi connectivity index (χ0n) is 14.7. The Kier molecular flexibility index (Phi) is 6.32.